The summed E-state index contributed by atoms with van der Waals surface area (Å²) in [6.45, 7) is 6.96. The molecule has 0 aromatic rings. The smallest absolute Gasteiger partial charge is 0.331 e. The van der Waals surface area contributed by atoms with Gasteiger partial charge in [0.2, 0.25) is 0 Å². The van der Waals surface area contributed by atoms with Crippen molar-refractivity contribution in [3.05, 3.63) is 11.6 Å². The van der Waals surface area contributed by atoms with Crippen LogP contribution in [0.3, 0.4) is 0 Å². The van der Waals surface area contributed by atoms with Gasteiger partial charge in [0, 0.05) is 37.4 Å². The van der Waals surface area contributed by atoms with Gasteiger partial charge in [-0.2, -0.15) is 0 Å². The van der Waals surface area contributed by atoms with E-state index in [9.17, 15) is 40.2 Å². The monoisotopic (exact) mass is 754 g/mol. The zero-order chi connectivity index (χ0) is 38.2. The number of hydrogen-bond donors (Lipinski definition) is 6. The molecular weight excluding hydrogens is 696 g/mol. The molecule has 0 spiro atoms. The number of rotatable bonds is 8. The van der Waals surface area contributed by atoms with Gasteiger partial charge >= 0.3 is 11.9 Å². The SMILES string of the molecule is COC1C(O)C(C)OC(OC2C(CO)O[C@@H](O[C@@H]3CC4CCC5C(CC[C@]6(C)[C@@H](C7=CC(=O)OC7)CC[C@]56O)[C@@]4(C)[C@H](OC(C)=O)C3)C(O)C2O)C1O. The highest BCUT2D eigenvalue weighted by atomic mass is 16.7. The van der Waals surface area contributed by atoms with Crippen LogP contribution in [0.25, 0.3) is 0 Å². The number of carbonyl (C=O) groups is 2. The van der Waals surface area contributed by atoms with Crippen molar-refractivity contribution >= 4 is 11.9 Å². The summed E-state index contributed by atoms with van der Waals surface area (Å²) in [5.41, 5.74) is -0.876. The second kappa shape index (κ2) is 14.6. The Morgan fingerprint density at radius 1 is 0.906 bits per heavy atom. The van der Waals surface area contributed by atoms with E-state index in [0.29, 0.717) is 19.3 Å². The molecule has 3 heterocycles. The molecule has 4 aliphatic carbocycles. The van der Waals surface area contributed by atoms with Crippen LogP contribution in [-0.2, 0) is 42.7 Å². The highest BCUT2D eigenvalue weighted by molar-refractivity contribution is 5.85. The van der Waals surface area contributed by atoms with Crippen LogP contribution in [0.5, 0.6) is 0 Å². The summed E-state index contributed by atoms with van der Waals surface area (Å²) in [6.07, 6.45) is -6.95. The summed E-state index contributed by atoms with van der Waals surface area (Å²) in [6, 6.07) is 0. The minimum Gasteiger partial charge on any atom is -0.462 e. The van der Waals surface area contributed by atoms with Gasteiger partial charge in [0.15, 0.2) is 12.6 Å². The van der Waals surface area contributed by atoms with E-state index in [2.05, 4.69) is 13.8 Å². The predicted molar refractivity (Wildman–Crippen MR) is 181 cm³/mol. The third-order valence-corrected chi connectivity index (χ3v) is 14.8. The normalized spacial score (nSPS) is 52.5. The average molecular weight is 755 g/mol. The van der Waals surface area contributed by atoms with Crippen molar-refractivity contribution < 1.29 is 73.4 Å². The molecule has 53 heavy (non-hydrogen) atoms. The number of cyclic esters (lactones) is 1. The predicted octanol–water partition coefficient (Wildman–Crippen LogP) is 0.476. The molecule has 0 bridgehead atoms. The Hall–Kier alpha value is -1.76. The molecule has 0 radical (unpaired) electrons. The minimum atomic E-state index is -1.62. The molecule has 7 aliphatic rings. The Kier molecular flexibility index (Phi) is 10.9. The molecule has 4 saturated carbocycles. The van der Waals surface area contributed by atoms with Gasteiger partial charge in [-0.3, -0.25) is 4.79 Å². The summed E-state index contributed by atoms with van der Waals surface area (Å²) in [5.74, 6) is -0.609. The lowest BCUT2D eigenvalue weighted by atomic mass is 9.42. The lowest BCUT2D eigenvalue weighted by Crippen LogP contribution is -2.66. The van der Waals surface area contributed by atoms with Crippen LogP contribution in [0, 0.1) is 34.5 Å². The van der Waals surface area contributed by atoms with Crippen LogP contribution in [0.1, 0.15) is 79.1 Å². The summed E-state index contributed by atoms with van der Waals surface area (Å²) >= 11 is 0. The molecule has 6 N–H and O–H groups in total. The molecule has 0 aromatic carbocycles. The van der Waals surface area contributed by atoms with E-state index in [0.717, 1.165) is 37.7 Å². The Morgan fingerprint density at radius 3 is 2.30 bits per heavy atom. The van der Waals surface area contributed by atoms with Gasteiger partial charge in [-0.1, -0.05) is 13.8 Å². The summed E-state index contributed by atoms with van der Waals surface area (Å²) in [4.78, 5) is 24.6. The molecule has 6 fully saturated rings. The summed E-state index contributed by atoms with van der Waals surface area (Å²) in [5, 5.41) is 66.6. The zero-order valence-electron chi connectivity index (χ0n) is 31.2. The fraction of sp³-hybridized carbons (Fsp3) is 0.895. The maximum absolute atomic E-state index is 12.7. The van der Waals surface area contributed by atoms with Crippen molar-refractivity contribution in [2.75, 3.05) is 20.3 Å². The molecule has 12 unspecified atom stereocenters. The lowest BCUT2D eigenvalue weighted by molar-refractivity contribution is -0.363. The lowest BCUT2D eigenvalue weighted by Gasteiger charge is -2.65. The van der Waals surface area contributed by atoms with Gasteiger partial charge in [-0.05, 0) is 81.1 Å². The number of esters is 2. The topological polar surface area (TPSA) is 220 Å². The van der Waals surface area contributed by atoms with Crippen molar-refractivity contribution in [3.8, 4) is 0 Å². The Labute approximate surface area is 309 Å². The van der Waals surface area contributed by atoms with Crippen molar-refractivity contribution in [1.29, 1.82) is 0 Å². The minimum absolute atomic E-state index is 0.0281. The van der Waals surface area contributed by atoms with Gasteiger partial charge in [0.1, 0.15) is 55.4 Å². The number of aliphatic hydroxyl groups is 6. The van der Waals surface area contributed by atoms with E-state index in [4.69, 9.17) is 33.2 Å². The first-order valence-electron chi connectivity index (χ1n) is 19.3. The third kappa shape index (κ3) is 6.39. The molecular formula is C38H58O15. The molecule has 15 heteroatoms. The molecule has 19 atom stereocenters. The molecule has 300 valence electrons. The number of carbonyl (C=O) groups excluding carboxylic acids is 2. The molecule has 3 aliphatic heterocycles. The van der Waals surface area contributed by atoms with Crippen molar-refractivity contribution in [2.24, 2.45) is 34.5 Å². The molecule has 15 nitrogen and oxygen atoms in total. The van der Waals surface area contributed by atoms with Gasteiger partial charge in [0.05, 0.1) is 24.4 Å². The maximum atomic E-state index is 12.7. The van der Waals surface area contributed by atoms with Gasteiger partial charge in [-0.15, -0.1) is 0 Å². The number of aliphatic hydroxyl groups excluding tert-OH is 5. The Morgan fingerprint density at radius 2 is 1.64 bits per heavy atom. The highest BCUT2D eigenvalue weighted by Crippen LogP contribution is 2.70. The summed E-state index contributed by atoms with van der Waals surface area (Å²) in [7, 11) is 1.33. The zero-order valence-corrected chi connectivity index (χ0v) is 31.2. The second-order valence-electron chi connectivity index (χ2n) is 17.2. The first-order valence-corrected chi connectivity index (χ1v) is 19.3. The van der Waals surface area contributed by atoms with Gasteiger partial charge < -0.3 is 63.8 Å². The van der Waals surface area contributed by atoms with Gasteiger partial charge in [0.25, 0.3) is 0 Å². The molecule has 0 amide bonds. The van der Waals surface area contributed by atoms with E-state index in [1.807, 2.05) is 0 Å². The number of fused-ring (bicyclic) bond motifs is 5. The van der Waals surface area contributed by atoms with E-state index in [-0.39, 0.29) is 36.2 Å². The van der Waals surface area contributed by atoms with Crippen LogP contribution < -0.4 is 0 Å². The maximum Gasteiger partial charge on any atom is 0.331 e. The standard InChI is InChI=1S/C38H58O15/c1-17-28(42)33(47-5)31(45)35(49-17)53-32-25(15-39)52-34(30(44)29(32)43)51-21-13-20-6-7-24-23(37(20,4)26(14-21)50-18(2)40)8-10-36(3)22(9-11-38(24,36)46)19-12-27(41)48-16-19/h12,17,20-26,28-35,39,42-46H,6-11,13-16H2,1-5H3/t17?,20?,21-,22-,23?,24?,25?,26-,28?,29?,30?,31?,32?,33?,34-,35?,36-,37+,38+/m1/s1. The molecule has 7 rings (SSSR count). The van der Waals surface area contributed by atoms with Crippen molar-refractivity contribution in [1.82, 2.24) is 0 Å². The fourth-order valence-corrected chi connectivity index (χ4v) is 12.0. The highest BCUT2D eigenvalue weighted by Gasteiger charge is 2.69. The van der Waals surface area contributed by atoms with Crippen LogP contribution >= 0.6 is 0 Å². The fourth-order valence-electron chi connectivity index (χ4n) is 12.0. The van der Waals surface area contributed by atoms with Crippen LogP contribution in [-0.4, -0.2) is 142 Å². The van der Waals surface area contributed by atoms with E-state index in [1.165, 1.54) is 14.0 Å². The quantitative estimate of drug-likeness (QED) is 0.147. The molecule has 0 aromatic heterocycles. The van der Waals surface area contributed by atoms with Crippen LogP contribution in [0.4, 0.5) is 0 Å². The Bertz CT molecular complexity index is 1410. The second-order valence-corrected chi connectivity index (χ2v) is 17.2. The molecule has 2 saturated heterocycles. The third-order valence-electron chi connectivity index (χ3n) is 14.8. The summed E-state index contributed by atoms with van der Waals surface area (Å²) < 4.78 is 40.5. The number of methoxy groups -OCH3 is 1. The van der Waals surface area contributed by atoms with Crippen LogP contribution in [0.15, 0.2) is 11.6 Å². The first kappa shape index (κ1) is 39.5. The van der Waals surface area contributed by atoms with Crippen molar-refractivity contribution in [3.63, 3.8) is 0 Å². The van der Waals surface area contributed by atoms with E-state index >= 15 is 0 Å². The first-order chi connectivity index (χ1) is 25.1. The van der Waals surface area contributed by atoms with Crippen LogP contribution in [0.2, 0.25) is 0 Å². The average Bonchev–Trinajstić information content (AvgIpc) is 3.66. The van der Waals surface area contributed by atoms with Gasteiger partial charge in [-0.25, -0.2) is 4.79 Å². The number of ether oxygens (including phenoxy) is 7. The van der Waals surface area contributed by atoms with Crippen molar-refractivity contribution in [2.45, 2.75) is 158 Å². The van der Waals surface area contributed by atoms with E-state index in [1.54, 1.807) is 13.0 Å². The number of hydrogen-bond acceptors (Lipinski definition) is 15. The Balaban J connectivity index is 1.06. The van der Waals surface area contributed by atoms with E-state index < -0.39 is 103 Å². The largest absolute Gasteiger partial charge is 0.462 e.